The molecule has 1 N–H and O–H groups in total. The lowest BCUT2D eigenvalue weighted by molar-refractivity contribution is -0.387. The summed E-state index contributed by atoms with van der Waals surface area (Å²) in [5.41, 5.74) is 1.67. The zero-order valence-electron chi connectivity index (χ0n) is 16.3. The van der Waals surface area contributed by atoms with Crippen molar-refractivity contribution in [3.05, 3.63) is 98.6 Å². The van der Waals surface area contributed by atoms with Gasteiger partial charge in [0.25, 0.3) is 11.6 Å². The van der Waals surface area contributed by atoms with Crippen molar-refractivity contribution >= 4 is 46.7 Å². The maximum absolute atomic E-state index is 12.4. The second-order valence-corrected chi connectivity index (χ2v) is 8.08. The van der Waals surface area contributed by atoms with Gasteiger partial charge in [-0.2, -0.15) is 5.26 Å². The van der Waals surface area contributed by atoms with Crippen molar-refractivity contribution in [1.29, 1.82) is 5.26 Å². The van der Waals surface area contributed by atoms with Crippen LogP contribution in [0.4, 0.5) is 11.4 Å². The van der Waals surface area contributed by atoms with Gasteiger partial charge in [-0.1, -0.05) is 47.1 Å². The summed E-state index contributed by atoms with van der Waals surface area (Å²) in [6.07, 6.45) is 1.32. The van der Waals surface area contributed by atoms with Crippen LogP contribution in [0, 0.1) is 28.4 Å². The molecule has 0 aliphatic carbocycles. The number of aryl methyl sites for hydroxylation is 1. The Morgan fingerprint density at radius 3 is 2.42 bits per heavy atom. The van der Waals surface area contributed by atoms with Gasteiger partial charge in [-0.15, -0.1) is 0 Å². The van der Waals surface area contributed by atoms with Gasteiger partial charge in [-0.25, -0.2) is 0 Å². The number of rotatable bonds is 6. The van der Waals surface area contributed by atoms with Gasteiger partial charge >= 0.3 is 0 Å². The number of nitrogens with one attached hydrogen (secondary N) is 1. The Bertz CT molecular complexity index is 1200. The van der Waals surface area contributed by atoms with Crippen LogP contribution in [0.15, 0.2) is 82.1 Å². The fourth-order valence-corrected chi connectivity index (χ4v) is 3.66. The highest BCUT2D eigenvalue weighted by atomic mass is 35.5. The summed E-state index contributed by atoms with van der Waals surface area (Å²) in [6, 6.07) is 20.5. The highest BCUT2D eigenvalue weighted by Crippen LogP contribution is 2.35. The van der Waals surface area contributed by atoms with E-state index >= 15 is 0 Å². The summed E-state index contributed by atoms with van der Waals surface area (Å²) in [7, 11) is 0. The van der Waals surface area contributed by atoms with Crippen LogP contribution in [-0.4, -0.2) is 10.8 Å². The van der Waals surface area contributed by atoms with Crippen molar-refractivity contribution in [3.63, 3.8) is 0 Å². The predicted molar refractivity (Wildman–Crippen MR) is 122 cm³/mol. The quantitative estimate of drug-likeness (QED) is 0.207. The van der Waals surface area contributed by atoms with Crippen molar-refractivity contribution in [2.45, 2.75) is 16.7 Å². The number of nitro benzene ring substituents is 1. The number of anilines is 1. The SMILES string of the molecule is Cc1ccc(Sc2ccc(C=C(C#N)C(=O)Nc3ccc(Cl)cc3)cc2[N+](=O)[O-])cc1. The van der Waals surface area contributed by atoms with Crippen LogP contribution in [0.1, 0.15) is 11.1 Å². The lowest BCUT2D eigenvalue weighted by Gasteiger charge is -2.06. The predicted octanol–water partition coefficient (Wildman–Crippen LogP) is 6.25. The van der Waals surface area contributed by atoms with E-state index in [0.717, 1.165) is 10.5 Å². The van der Waals surface area contributed by atoms with E-state index in [1.54, 1.807) is 36.4 Å². The minimum absolute atomic E-state index is 0.102. The van der Waals surface area contributed by atoms with Crippen molar-refractivity contribution < 1.29 is 9.72 Å². The average molecular weight is 450 g/mol. The van der Waals surface area contributed by atoms with Crippen LogP contribution in [0.25, 0.3) is 6.08 Å². The van der Waals surface area contributed by atoms with Crippen molar-refractivity contribution in [3.8, 4) is 6.07 Å². The lowest BCUT2D eigenvalue weighted by Crippen LogP contribution is -2.13. The molecule has 0 atom stereocenters. The van der Waals surface area contributed by atoms with Crippen LogP contribution in [0.3, 0.4) is 0 Å². The van der Waals surface area contributed by atoms with E-state index in [-0.39, 0.29) is 11.3 Å². The first-order chi connectivity index (χ1) is 14.9. The van der Waals surface area contributed by atoms with Crippen LogP contribution in [0.5, 0.6) is 0 Å². The number of carbonyl (C=O) groups is 1. The number of halogens is 1. The Labute approximate surface area is 188 Å². The van der Waals surface area contributed by atoms with Crippen molar-refractivity contribution in [1.82, 2.24) is 0 Å². The molecular weight excluding hydrogens is 434 g/mol. The molecule has 3 aromatic rings. The van der Waals surface area contributed by atoms with E-state index < -0.39 is 10.8 Å². The minimum atomic E-state index is -0.620. The first-order valence-electron chi connectivity index (χ1n) is 9.07. The second-order valence-electron chi connectivity index (χ2n) is 6.53. The molecule has 3 rings (SSSR count). The number of nitro groups is 1. The number of nitrogens with zero attached hydrogens (tertiary/aromatic N) is 2. The van der Waals surface area contributed by atoms with Gasteiger partial charge < -0.3 is 5.32 Å². The molecule has 31 heavy (non-hydrogen) atoms. The molecule has 0 saturated heterocycles. The molecule has 0 unspecified atom stereocenters. The number of benzene rings is 3. The third-order valence-corrected chi connectivity index (χ3v) is 5.53. The van der Waals surface area contributed by atoms with Crippen LogP contribution < -0.4 is 5.32 Å². The van der Waals surface area contributed by atoms with Crippen LogP contribution >= 0.6 is 23.4 Å². The maximum Gasteiger partial charge on any atom is 0.283 e. The van der Waals surface area contributed by atoms with Gasteiger partial charge in [0, 0.05) is 21.7 Å². The van der Waals surface area contributed by atoms with Gasteiger partial charge in [0.2, 0.25) is 0 Å². The monoisotopic (exact) mass is 449 g/mol. The van der Waals surface area contributed by atoms with E-state index in [9.17, 15) is 20.2 Å². The molecule has 1 amide bonds. The topological polar surface area (TPSA) is 96.0 Å². The smallest absolute Gasteiger partial charge is 0.283 e. The molecule has 0 bridgehead atoms. The molecule has 0 aliphatic rings. The fraction of sp³-hybridized carbons (Fsp3) is 0.0435. The molecular formula is C23H16ClN3O3S. The number of hydrogen-bond donors (Lipinski definition) is 1. The van der Waals surface area contributed by atoms with Crippen LogP contribution in [-0.2, 0) is 4.79 Å². The van der Waals surface area contributed by atoms with E-state index in [4.69, 9.17) is 11.6 Å². The summed E-state index contributed by atoms with van der Waals surface area (Å²) in [5.74, 6) is -0.620. The Morgan fingerprint density at radius 2 is 1.81 bits per heavy atom. The van der Waals surface area contributed by atoms with Crippen molar-refractivity contribution in [2.75, 3.05) is 5.32 Å². The fourth-order valence-electron chi connectivity index (χ4n) is 2.63. The highest BCUT2D eigenvalue weighted by molar-refractivity contribution is 7.99. The van der Waals surface area contributed by atoms with Crippen molar-refractivity contribution in [2.24, 2.45) is 0 Å². The summed E-state index contributed by atoms with van der Waals surface area (Å²) >= 11 is 7.10. The Morgan fingerprint density at radius 1 is 1.13 bits per heavy atom. The van der Waals surface area contributed by atoms with Gasteiger partial charge in [0.15, 0.2) is 0 Å². The Hall–Kier alpha value is -3.60. The van der Waals surface area contributed by atoms with E-state index in [1.807, 2.05) is 37.3 Å². The largest absolute Gasteiger partial charge is 0.321 e. The lowest BCUT2D eigenvalue weighted by atomic mass is 10.1. The number of carbonyl (C=O) groups excluding carboxylic acids is 1. The Balaban J connectivity index is 1.85. The zero-order chi connectivity index (χ0) is 22.4. The van der Waals surface area contributed by atoms with Gasteiger partial charge in [0.1, 0.15) is 11.6 Å². The summed E-state index contributed by atoms with van der Waals surface area (Å²) in [4.78, 5) is 24.9. The molecule has 0 fully saturated rings. The number of amides is 1. The molecule has 0 saturated carbocycles. The standard InChI is InChI=1S/C23H16ClN3O3S/c1-15-2-9-20(10-3-15)31-22-11-4-16(13-21(22)27(29)30)12-17(14-25)23(28)26-19-7-5-18(24)6-8-19/h2-13H,1H3,(H,26,28). The molecule has 0 aromatic heterocycles. The third-order valence-electron chi connectivity index (χ3n) is 4.21. The zero-order valence-corrected chi connectivity index (χ0v) is 17.9. The van der Waals surface area contributed by atoms with Crippen LogP contribution in [0.2, 0.25) is 5.02 Å². The van der Waals surface area contributed by atoms with E-state index in [0.29, 0.717) is 21.2 Å². The molecule has 0 aliphatic heterocycles. The summed E-state index contributed by atoms with van der Waals surface area (Å²) < 4.78 is 0. The number of nitriles is 1. The number of hydrogen-bond acceptors (Lipinski definition) is 5. The van der Waals surface area contributed by atoms with Gasteiger partial charge in [-0.05, 0) is 61.0 Å². The molecule has 0 radical (unpaired) electrons. The summed E-state index contributed by atoms with van der Waals surface area (Å²) in [5, 5.41) is 24.1. The molecule has 6 nitrogen and oxygen atoms in total. The van der Waals surface area contributed by atoms with E-state index in [1.165, 1.54) is 23.9 Å². The Kier molecular flexibility index (Phi) is 7.08. The third kappa shape index (κ3) is 5.95. The van der Waals surface area contributed by atoms with E-state index in [2.05, 4.69) is 5.32 Å². The second kappa shape index (κ2) is 9.94. The first kappa shape index (κ1) is 22.1. The molecule has 0 heterocycles. The molecule has 154 valence electrons. The average Bonchev–Trinajstić information content (AvgIpc) is 2.75. The molecule has 0 spiro atoms. The van der Waals surface area contributed by atoms with Gasteiger partial charge in [-0.3, -0.25) is 14.9 Å². The minimum Gasteiger partial charge on any atom is -0.321 e. The highest BCUT2D eigenvalue weighted by Gasteiger charge is 2.17. The molecule has 3 aromatic carbocycles. The summed E-state index contributed by atoms with van der Waals surface area (Å²) in [6.45, 7) is 1.97. The normalized spacial score (nSPS) is 10.9. The first-order valence-corrected chi connectivity index (χ1v) is 10.3. The maximum atomic E-state index is 12.4. The van der Waals surface area contributed by atoms with Gasteiger partial charge in [0.05, 0.1) is 9.82 Å². The molecule has 8 heteroatoms.